The third-order valence-electron chi connectivity index (χ3n) is 3.17. The molecule has 1 fully saturated rings. The van der Waals surface area contributed by atoms with Crippen molar-refractivity contribution in [3.05, 3.63) is 17.5 Å². The minimum Gasteiger partial charge on any atom is -0.378 e. The first kappa shape index (κ1) is 11.6. The van der Waals surface area contributed by atoms with Gasteiger partial charge >= 0.3 is 0 Å². The molecule has 1 aliphatic heterocycles. The van der Waals surface area contributed by atoms with E-state index in [4.69, 9.17) is 4.74 Å². The summed E-state index contributed by atoms with van der Waals surface area (Å²) in [5.41, 5.74) is 2.41. The SMILES string of the molecule is Cc1[nH]ncc1CNCCC1CCCCO1. The molecular formula is C12H21N3O. The van der Waals surface area contributed by atoms with E-state index in [1.165, 1.54) is 24.8 Å². The third-order valence-corrected chi connectivity index (χ3v) is 3.17. The smallest absolute Gasteiger partial charge is 0.0587 e. The number of aryl methyl sites for hydroxylation is 1. The molecule has 16 heavy (non-hydrogen) atoms. The van der Waals surface area contributed by atoms with Crippen molar-refractivity contribution in [3.63, 3.8) is 0 Å². The molecule has 1 aromatic rings. The van der Waals surface area contributed by atoms with E-state index in [1.54, 1.807) is 0 Å². The fourth-order valence-electron chi connectivity index (χ4n) is 2.08. The largest absolute Gasteiger partial charge is 0.378 e. The molecule has 0 radical (unpaired) electrons. The lowest BCUT2D eigenvalue weighted by atomic mass is 10.1. The van der Waals surface area contributed by atoms with Gasteiger partial charge in [-0.15, -0.1) is 0 Å². The summed E-state index contributed by atoms with van der Waals surface area (Å²) in [6.07, 6.45) is 7.28. The van der Waals surface area contributed by atoms with Crippen LogP contribution in [0, 0.1) is 6.92 Å². The van der Waals surface area contributed by atoms with Crippen LogP contribution in [0.3, 0.4) is 0 Å². The molecule has 0 bridgehead atoms. The molecule has 1 aliphatic rings. The first-order chi connectivity index (χ1) is 7.86. The Hall–Kier alpha value is -0.870. The second-order valence-electron chi connectivity index (χ2n) is 4.47. The number of hydrogen-bond donors (Lipinski definition) is 2. The van der Waals surface area contributed by atoms with Crippen molar-refractivity contribution >= 4 is 0 Å². The summed E-state index contributed by atoms with van der Waals surface area (Å²) in [5.74, 6) is 0. The highest BCUT2D eigenvalue weighted by atomic mass is 16.5. The molecule has 0 amide bonds. The van der Waals surface area contributed by atoms with E-state index < -0.39 is 0 Å². The molecule has 4 nitrogen and oxygen atoms in total. The van der Waals surface area contributed by atoms with Crippen LogP contribution in [0.4, 0.5) is 0 Å². The summed E-state index contributed by atoms with van der Waals surface area (Å²) in [6, 6.07) is 0. The summed E-state index contributed by atoms with van der Waals surface area (Å²) in [5, 5.41) is 10.4. The molecule has 0 spiro atoms. The Balaban J connectivity index is 1.59. The van der Waals surface area contributed by atoms with Gasteiger partial charge in [-0.25, -0.2) is 0 Å². The normalized spacial score (nSPS) is 21.2. The van der Waals surface area contributed by atoms with Crippen molar-refractivity contribution in [2.24, 2.45) is 0 Å². The maximum atomic E-state index is 5.68. The zero-order chi connectivity index (χ0) is 11.2. The van der Waals surface area contributed by atoms with Crippen LogP contribution in [0.1, 0.15) is 36.9 Å². The number of aromatic nitrogens is 2. The minimum absolute atomic E-state index is 0.478. The van der Waals surface area contributed by atoms with Crippen LogP contribution in [0.2, 0.25) is 0 Å². The summed E-state index contributed by atoms with van der Waals surface area (Å²) >= 11 is 0. The highest BCUT2D eigenvalue weighted by Gasteiger charge is 2.12. The van der Waals surface area contributed by atoms with Crippen LogP contribution in [0.5, 0.6) is 0 Å². The number of nitrogens with one attached hydrogen (secondary N) is 2. The second kappa shape index (κ2) is 6.01. The third kappa shape index (κ3) is 3.32. The summed E-state index contributed by atoms with van der Waals surface area (Å²) in [7, 11) is 0. The zero-order valence-corrected chi connectivity index (χ0v) is 9.96. The average Bonchev–Trinajstić information content (AvgIpc) is 2.72. The van der Waals surface area contributed by atoms with Crippen molar-refractivity contribution in [3.8, 4) is 0 Å². The van der Waals surface area contributed by atoms with Gasteiger partial charge in [0.15, 0.2) is 0 Å². The zero-order valence-electron chi connectivity index (χ0n) is 9.96. The molecule has 2 rings (SSSR count). The average molecular weight is 223 g/mol. The van der Waals surface area contributed by atoms with Crippen LogP contribution in [0.25, 0.3) is 0 Å². The molecule has 90 valence electrons. The van der Waals surface area contributed by atoms with E-state index in [2.05, 4.69) is 15.5 Å². The standard InChI is InChI=1S/C12H21N3O/c1-10-11(9-14-15-10)8-13-6-5-12-4-2-3-7-16-12/h9,12-13H,2-8H2,1H3,(H,14,15). The van der Waals surface area contributed by atoms with Crippen molar-refractivity contribution in [2.45, 2.75) is 45.3 Å². The molecule has 0 aliphatic carbocycles. The number of rotatable bonds is 5. The molecule has 2 N–H and O–H groups in total. The fraction of sp³-hybridized carbons (Fsp3) is 0.750. The summed E-state index contributed by atoms with van der Waals surface area (Å²) < 4.78 is 5.68. The van der Waals surface area contributed by atoms with Gasteiger partial charge in [-0.2, -0.15) is 5.10 Å². The fourth-order valence-corrected chi connectivity index (χ4v) is 2.08. The number of nitrogens with zero attached hydrogens (tertiary/aromatic N) is 1. The number of H-pyrrole nitrogens is 1. The Morgan fingerprint density at radius 2 is 2.50 bits per heavy atom. The summed E-state index contributed by atoms with van der Waals surface area (Å²) in [6.45, 7) is 4.92. The van der Waals surface area contributed by atoms with Crippen molar-refractivity contribution in [1.29, 1.82) is 0 Å². The van der Waals surface area contributed by atoms with Gasteiger partial charge in [-0.05, 0) is 39.2 Å². The molecule has 0 aromatic carbocycles. The van der Waals surface area contributed by atoms with E-state index in [1.807, 2.05) is 13.1 Å². The first-order valence-corrected chi connectivity index (χ1v) is 6.17. The van der Waals surface area contributed by atoms with E-state index in [9.17, 15) is 0 Å². The van der Waals surface area contributed by atoms with Crippen molar-refractivity contribution < 1.29 is 4.74 Å². The second-order valence-corrected chi connectivity index (χ2v) is 4.47. The maximum absolute atomic E-state index is 5.68. The van der Waals surface area contributed by atoms with E-state index in [-0.39, 0.29) is 0 Å². The van der Waals surface area contributed by atoms with Gasteiger partial charge in [0.1, 0.15) is 0 Å². The van der Waals surface area contributed by atoms with Crippen LogP contribution in [0.15, 0.2) is 6.20 Å². The Bertz CT molecular complexity index is 305. The van der Waals surface area contributed by atoms with E-state index in [0.717, 1.165) is 31.8 Å². The van der Waals surface area contributed by atoms with Crippen LogP contribution >= 0.6 is 0 Å². The van der Waals surface area contributed by atoms with Gasteiger partial charge < -0.3 is 10.1 Å². The first-order valence-electron chi connectivity index (χ1n) is 6.17. The highest BCUT2D eigenvalue weighted by molar-refractivity contribution is 5.13. The monoisotopic (exact) mass is 223 g/mol. The topological polar surface area (TPSA) is 49.9 Å². The van der Waals surface area contributed by atoms with Crippen LogP contribution in [-0.4, -0.2) is 29.5 Å². The molecule has 1 aromatic heterocycles. The lowest BCUT2D eigenvalue weighted by molar-refractivity contribution is 0.0115. The number of aromatic amines is 1. The van der Waals surface area contributed by atoms with Gasteiger partial charge in [-0.1, -0.05) is 0 Å². The molecular weight excluding hydrogens is 202 g/mol. The molecule has 1 atom stereocenters. The number of ether oxygens (including phenoxy) is 1. The van der Waals surface area contributed by atoms with Crippen LogP contribution in [-0.2, 0) is 11.3 Å². The van der Waals surface area contributed by atoms with E-state index in [0.29, 0.717) is 6.10 Å². The molecule has 1 saturated heterocycles. The molecule has 1 unspecified atom stereocenters. The molecule has 4 heteroatoms. The van der Waals surface area contributed by atoms with Gasteiger partial charge in [-0.3, -0.25) is 5.10 Å². The lowest BCUT2D eigenvalue weighted by Crippen LogP contribution is -2.25. The van der Waals surface area contributed by atoms with Crippen molar-refractivity contribution in [2.75, 3.05) is 13.2 Å². The minimum atomic E-state index is 0.478. The molecule has 0 saturated carbocycles. The Labute approximate surface area is 96.8 Å². The molecule has 2 heterocycles. The predicted octanol–water partition coefficient (Wildman–Crippen LogP) is 1.77. The Morgan fingerprint density at radius 1 is 1.56 bits per heavy atom. The Kier molecular flexibility index (Phi) is 4.36. The van der Waals surface area contributed by atoms with Gasteiger partial charge in [0, 0.05) is 24.4 Å². The van der Waals surface area contributed by atoms with Gasteiger partial charge in [0.25, 0.3) is 0 Å². The van der Waals surface area contributed by atoms with Crippen LogP contribution < -0.4 is 5.32 Å². The number of hydrogen-bond acceptors (Lipinski definition) is 3. The van der Waals surface area contributed by atoms with E-state index >= 15 is 0 Å². The van der Waals surface area contributed by atoms with Gasteiger partial charge in [0.2, 0.25) is 0 Å². The lowest BCUT2D eigenvalue weighted by Gasteiger charge is -2.22. The Morgan fingerprint density at radius 3 is 3.19 bits per heavy atom. The predicted molar refractivity (Wildman–Crippen MR) is 63.2 cm³/mol. The highest BCUT2D eigenvalue weighted by Crippen LogP contribution is 2.14. The van der Waals surface area contributed by atoms with Crippen molar-refractivity contribution in [1.82, 2.24) is 15.5 Å². The quantitative estimate of drug-likeness (QED) is 0.748. The maximum Gasteiger partial charge on any atom is 0.0587 e. The summed E-state index contributed by atoms with van der Waals surface area (Å²) in [4.78, 5) is 0. The van der Waals surface area contributed by atoms with Gasteiger partial charge in [0.05, 0.1) is 12.3 Å².